The fourth-order valence-electron chi connectivity index (χ4n) is 2.35. The number of β-amino-alcohol motifs (C(OH)–C–C–N with tert-alkyl or cyclic N) is 1. The highest BCUT2D eigenvalue weighted by atomic mass is 35.5. The van der Waals surface area contributed by atoms with Crippen molar-refractivity contribution in [3.8, 4) is 5.88 Å². The highest BCUT2D eigenvalue weighted by Crippen LogP contribution is 2.24. The third kappa shape index (κ3) is 4.32. The van der Waals surface area contributed by atoms with Crippen LogP contribution in [-0.2, 0) is 0 Å². The van der Waals surface area contributed by atoms with Gasteiger partial charge in [0.25, 0.3) is 5.91 Å². The Morgan fingerprint density at radius 2 is 2.09 bits per heavy atom. The number of hydrogen-bond acceptors (Lipinski definition) is 5. The van der Waals surface area contributed by atoms with E-state index in [1.807, 2.05) is 13.8 Å². The van der Waals surface area contributed by atoms with Gasteiger partial charge in [-0.05, 0) is 19.9 Å². The number of rotatable bonds is 5. The van der Waals surface area contributed by atoms with Crippen LogP contribution in [0, 0.1) is 0 Å². The van der Waals surface area contributed by atoms with E-state index in [9.17, 15) is 4.79 Å². The van der Waals surface area contributed by atoms with Crippen molar-refractivity contribution in [2.45, 2.75) is 20.0 Å². The Hall–Kier alpha value is -1.37. The molecule has 1 fully saturated rings. The molecule has 0 aromatic carbocycles. The molecule has 7 heteroatoms. The third-order valence-corrected chi connectivity index (χ3v) is 3.75. The molecule has 1 amide bonds. The molecule has 1 N–H and O–H groups in total. The van der Waals surface area contributed by atoms with Gasteiger partial charge in [0.05, 0.1) is 18.3 Å². The number of pyridine rings is 1. The number of nitrogens with zero attached hydrogens (tertiary/aromatic N) is 3. The Labute approximate surface area is 135 Å². The maximum Gasteiger partial charge on any atom is 0.255 e. The van der Waals surface area contributed by atoms with Crippen LogP contribution in [0.2, 0.25) is 5.02 Å². The number of carbonyl (C=O) groups excluding carboxylic acids is 1. The molecule has 1 saturated heterocycles. The smallest absolute Gasteiger partial charge is 0.255 e. The van der Waals surface area contributed by atoms with Crippen molar-refractivity contribution < 1.29 is 14.6 Å². The summed E-state index contributed by atoms with van der Waals surface area (Å²) in [6.07, 6.45) is 1.48. The van der Waals surface area contributed by atoms with Crippen molar-refractivity contribution in [1.29, 1.82) is 0 Å². The summed E-state index contributed by atoms with van der Waals surface area (Å²) in [5.41, 5.74) is 0.469. The molecule has 0 aliphatic carbocycles. The van der Waals surface area contributed by atoms with Crippen LogP contribution in [0.1, 0.15) is 24.2 Å². The van der Waals surface area contributed by atoms with E-state index >= 15 is 0 Å². The van der Waals surface area contributed by atoms with Crippen LogP contribution in [-0.4, -0.2) is 71.2 Å². The molecule has 2 rings (SSSR count). The maximum atomic E-state index is 12.5. The average molecular weight is 328 g/mol. The number of carbonyl (C=O) groups is 1. The Morgan fingerprint density at radius 3 is 2.64 bits per heavy atom. The molecule has 122 valence electrons. The second-order valence-corrected chi connectivity index (χ2v) is 5.94. The minimum absolute atomic E-state index is 0.0221. The largest absolute Gasteiger partial charge is 0.474 e. The molecule has 2 heterocycles. The number of halogens is 1. The second-order valence-electron chi connectivity index (χ2n) is 5.54. The van der Waals surface area contributed by atoms with E-state index in [2.05, 4.69) is 9.88 Å². The summed E-state index contributed by atoms with van der Waals surface area (Å²) in [5, 5.41) is 9.28. The number of aromatic nitrogens is 1. The summed E-state index contributed by atoms with van der Waals surface area (Å²) in [4.78, 5) is 20.5. The lowest BCUT2D eigenvalue weighted by molar-refractivity contribution is 0.0614. The van der Waals surface area contributed by atoms with Gasteiger partial charge in [0.2, 0.25) is 5.88 Å². The topological polar surface area (TPSA) is 65.9 Å². The first-order chi connectivity index (χ1) is 10.5. The SMILES string of the molecule is CC(C)Oc1ncc(C(=O)N2CCN(CCO)CC2)cc1Cl. The van der Waals surface area contributed by atoms with Gasteiger partial charge >= 0.3 is 0 Å². The van der Waals surface area contributed by atoms with Gasteiger partial charge < -0.3 is 14.7 Å². The van der Waals surface area contributed by atoms with Crippen molar-refractivity contribution in [2.75, 3.05) is 39.3 Å². The van der Waals surface area contributed by atoms with Crippen LogP contribution < -0.4 is 4.74 Å². The predicted molar refractivity (Wildman–Crippen MR) is 84.4 cm³/mol. The van der Waals surface area contributed by atoms with Gasteiger partial charge in [-0.15, -0.1) is 0 Å². The second kappa shape index (κ2) is 7.76. The fourth-order valence-corrected chi connectivity index (χ4v) is 2.56. The summed E-state index contributed by atoms with van der Waals surface area (Å²) >= 11 is 6.13. The molecule has 1 aliphatic heterocycles. The molecule has 22 heavy (non-hydrogen) atoms. The summed E-state index contributed by atoms with van der Waals surface area (Å²) < 4.78 is 5.47. The molecule has 0 spiro atoms. The van der Waals surface area contributed by atoms with Gasteiger partial charge in [-0.1, -0.05) is 11.6 Å². The molecule has 6 nitrogen and oxygen atoms in total. The highest BCUT2D eigenvalue weighted by molar-refractivity contribution is 6.32. The van der Waals surface area contributed by atoms with Crippen molar-refractivity contribution in [1.82, 2.24) is 14.8 Å². The molecular weight excluding hydrogens is 306 g/mol. The first-order valence-corrected chi connectivity index (χ1v) is 7.83. The zero-order valence-electron chi connectivity index (χ0n) is 13.0. The van der Waals surface area contributed by atoms with Crippen molar-refractivity contribution >= 4 is 17.5 Å². The van der Waals surface area contributed by atoms with Crippen LogP contribution in [0.5, 0.6) is 5.88 Å². The molecule has 0 radical (unpaired) electrons. The lowest BCUT2D eigenvalue weighted by Crippen LogP contribution is -2.49. The van der Waals surface area contributed by atoms with Gasteiger partial charge in [0.1, 0.15) is 5.02 Å². The third-order valence-electron chi connectivity index (χ3n) is 3.48. The first-order valence-electron chi connectivity index (χ1n) is 7.46. The molecule has 1 aromatic heterocycles. The van der Waals surface area contributed by atoms with E-state index < -0.39 is 0 Å². The quantitative estimate of drug-likeness (QED) is 0.882. The first kappa shape index (κ1) is 17.0. The van der Waals surface area contributed by atoms with E-state index in [-0.39, 0.29) is 18.6 Å². The normalized spacial score (nSPS) is 16.1. The number of hydrogen-bond donors (Lipinski definition) is 1. The number of amides is 1. The summed E-state index contributed by atoms with van der Waals surface area (Å²) in [6.45, 7) is 7.39. The fraction of sp³-hybridized carbons (Fsp3) is 0.600. The molecule has 0 atom stereocenters. The minimum atomic E-state index is -0.0749. The van der Waals surface area contributed by atoms with E-state index in [4.69, 9.17) is 21.4 Å². The zero-order valence-corrected chi connectivity index (χ0v) is 13.7. The van der Waals surface area contributed by atoms with Crippen LogP contribution in [0.3, 0.4) is 0 Å². The highest BCUT2D eigenvalue weighted by Gasteiger charge is 2.22. The number of aliphatic hydroxyl groups excluding tert-OH is 1. The van der Waals surface area contributed by atoms with E-state index in [1.54, 1.807) is 11.0 Å². The molecular formula is C15H22ClN3O3. The molecule has 0 bridgehead atoms. The van der Waals surface area contributed by atoms with E-state index in [1.165, 1.54) is 6.20 Å². The standard InChI is InChI=1S/C15H22ClN3O3/c1-11(2)22-14-13(16)9-12(10-17-14)15(21)19-5-3-18(4-6-19)7-8-20/h9-11,20H,3-8H2,1-2H3. The summed E-state index contributed by atoms with van der Waals surface area (Å²) in [5.74, 6) is 0.273. The predicted octanol–water partition coefficient (Wildman–Crippen LogP) is 1.27. The zero-order chi connectivity index (χ0) is 16.1. The Kier molecular flexibility index (Phi) is 5.99. The Balaban J connectivity index is 2.00. The lowest BCUT2D eigenvalue weighted by atomic mass is 10.2. The number of aliphatic hydroxyl groups is 1. The van der Waals surface area contributed by atoms with Crippen molar-refractivity contribution in [3.05, 3.63) is 22.8 Å². The van der Waals surface area contributed by atoms with Gasteiger partial charge in [-0.2, -0.15) is 0 Å². The van der Waals surface area contributed by atoms with E-state index in [0.29, 0.717) is 36.1 Å². The molecule has 0 saturated carbocycles. The number of ether oxygens (including phenoxy) is 1. The molecule has 1 aliphatic rings. The van der Waals surface area contributed by atoms with Crippen molar-refractivity contribution in [2.24, 2.45) is 0 Å². The Bertz CT molecular complexity index is 517. The van der Waals surface area contributed by atoms with Crippen molar-refractivity contribution in [3.63, 3.8) is 0 Å². The summed E-state index contributed by atoms with van der Waals surface area (Å²) in [6, 6.07) is 1.61. The van der Waals surface area contributed by atoms with E-state index in [0.717, 1.165) is 13.1 Å². The van der Waals surface area contributed by atoms with Crippen LogP contribution in [0.4, 0.5) is 0 Å². The average Bonchev–Trinajstić information content (AvgIpc) is 2.49. The Morgan fingerprint density at radius 1 is 1.41 bits per heavy atom. The monoisotopic (exact) mass is 327 g/mol. The van der Waals surface area contributed by atoms with Gasteiger partial charge in [0, 0.05) is 38.9 Å². The van der Waals surface area contributed by atoms with Gasteiger partial charge in [-0.3, -0.25) is 9.69 Å². The summed E-state index contributed by atoms with van der Waals surface area (Å²) in [7, 11) is 0. The van der Waals surface area contributed by atoms with Gasteiger partial charge in [0.15, 0.2) is 0 Å². The van der Waals surface area contributed by atoms with Crippen LogP contribution in [0.25, 0.3) is 0 Å². The minimum Gasteiger partial charge on any atom is -0.474 e. The lowest BCUT2D eigenvalue weighted by Gasteiger charge is -2.34. The van der Waals surface area contributed by atoms with Crippen LogP contribution >= 0.6 is 11.6 Å². The number of piperazine rings is 1. The maximum absolute atomic E-state index is 12.5. The molecule has 0 unspecified atom stereocenters. The van der Waals surface area contributed by atoms with Gasteiger partial charge in [-0.25, -0.2) is 4.98 Å². The molecule has 1 aromatic rings. The van der Waals surface area contributed by atoms with Crippen LogP contribution in [0.15, 0.2) is 12.3 Å².